The molecule has 2 heteroatoms. The van der Waals surface area contributed by atoms with Crippen LogP contribution in [0, 0.1) is 0 Å². The van der Waals surface area contributed by atoms with Crippen molar-refractivity contribution in [3.63, 3.8) is 0 Å². The predicted molar refractivity (Wildman–Crippen MR) is 115 cm³/mol. The second kappa shape index (κ2) is 21.7. The third-order valence-electron chi connectivity index (χ3n) is 5.12. The Labute approximate surface area is 159 Å². The van der Waals surface area contributed by atoms with E-state index in [1.54, 1.807) is 0 Å². The first-order valence-electron chi connectivity index (χ1n) is 11.4. The van der Waals surface area contributed by atoms with E-state index in [0.29, 0.717) is 6.04 Å². The van der Waals surface area contributed by atoms with Crippen molar-refractivity contribution in [2.45, 2.75) is 129 Å². The minimum absolute atomic E-state index is 0.406. The highest BCUT2D eigenvalue weighted by Gasteiger charge is 2.01. The molecule has 0 rings (SSSR count). The molecule has 25 heavy (non-hydrogen) atoms. The molecule has 0 heterocycles. The van der Waals surface area contributed by atoms with E-state index in [4.69, 9.17) is 11.5 Å². The van der Waals surface area contributed by atoms with Crippen LogP contribution in [0.2, 0.25) is 0 Å². The van der Waals surface area contributed by atoms with Crippen molar-refractivity contribution in [2.75, 3.05) is 6.54 Å². The van der Waals surface area contributed by atoms with Crippen LogP contribution in [-0.4, -0.2) is 12.6 Å². The van der Waals surface area contributed by atoms with Crippen LogP contribution in [-0.2, 0) is 0 Å². The summed E-state index contributed by atoms with van der Waals surface area (Å²) in [5.41, 5.74) is 11.6. The number of allylic oxidation sites excluding steroid dienone is 2. The summed E-state index contributed by atoms with van der Waals surface area (Å²) in [6, 6.07) is 0.406. The summed E-state index contributed by atoms with van der Waals surface area (Å²) in [4.78, 5) is 0. The van der Waals surface area contributed by atoms with Crippen LogP contribution in [0.15, 0.2) is 12.2 Å². The van der Waals surface area contributed by atoms with E-state index in [0.717, 1.165) is 19.4 Å². The second-order valence-electron chi connectivity index (χ2n) is 7.77. The molecule has 150 valence electrons. The average molecular weight is 353 g/mol. The lowest BCUT2D eigenvalue weighted by Crippen LogP contribution is -2.19. The topological polar surface area (TPSA) is 52.0 Å². The summed E-state index contributed by atoms with van der Waals surface area (Å²) in [6.45, 7) is 3.09. The van der Waals surface area contributed by atoms with E-state index in [2.05, 4.69) is 19.1 Å². The molecule has 0 saturated heterocycles. The molecule has 0 bridgehead atoms. The van der Waals surface area contributed by atoms with Crippen LogP contribution in [0.25, 0.3) is 0 Å². The molecular formula is C23H48N2. The van der Waals surface area contributed by atoms with Gasteiger partial charge in [-0.15, -0.1) is 0 Å². The maximum absolute atomic E-state index is 6.13. The van der Waals surface area contributed by atoms with Crippen LogP contribution < -0.4 is 11.5 Å². The van der Waals surface area contributed by atoms with Crippen molar-refractivity contribution < 1.29 is 0 Å². The molecule has 0 aromatic heterocycles. The largest absolute Gasteiger partial charge is 0.330 e. The highest BCUT2D eigenvalue weighted by atomic mass is 14.6. The first-order valence-corrected chi connectivity index (χ1v) is 11.4. The van der Waals surface area contributed by atoms with Gasteiger partial charge in [0.1, 0.15) is 0 Å². The van der Waals surface area contributed by atoms with Gasteiger partial charge >= 0.3 is 0 Å². The van der Waals surface area contributed by atoms with Gasteiger partial charge < -0.3 is 11.5 Å². The SMILES string of the molecule is CCCCCCCC/C=C\CCCCCCCCC(N)CCCCN. The highest BCUT2D eigenvalue weighted by Crippen LogP contribution is 2.12. The smallest absolute Gasteiger partial charge is 0.00388 e. The number of unbranched alkanes of at least 4 members (excludes halogenated alkanes) is 13. The first-order chi connectivity index (χ1) is 12.3. The Balaban J connectivity index is 3.14. The molecule has 4 N–H and O–H groups in total. The molecule has 0 aliphatic heterocycles. The third-order valence-corrected chi connectivity index (χ3v) is 5.12. The zero-order valence-corrected chi connectivity index (χ0v) is 17.3. The lowest BCUT2D eigenvalue weighted by molar-refractivity contribution is 0.494. The maximum atomic E-state index is 6.13. The molecule has 0 fully saturated rings. The molecule has 1 unspecified atom stereocenters. The average Bonchev–Trinajstić information content (AvgIpc) is 2.61. The molecule has 0 aromatic rings. The summed E-state index contributed by atoms with van der Waals surface area (Å²) in [7, 11) is 0. The fourth-order valence-corrected chi connectivity index (χ4v) is 3.35. The normalized spacial score (nSPS) is 12.9. The quantitative estimate of drug-likeness (QED) is 0.185. The van der Waals surface area contributed by atoms with Crippen LogP contribution in [0.4, 0.5) is 0 Å². The Morgan fingerprint density at radius 2 is 1.04 bits per heavy atom. The van der Waals surface area contributed by atoms with E-state index >= 15 is 0 Å². The van der Waals surface area contributed by atoms with Crippen molar-refractivity contribution in [3.05, 3.63) is 12.2 Å². The van der Waals surface area contributed by atoms with Gasteiger partial charge in [-0.1, -0.05) is 89.7 Å². The van der Waals surface area contributed by atoms with Gasteiger partial charge in [0.25, 0.3) is 0 Å². The van der Waals surface area contributed by atoms with Crippen LogP contribution in [0.3, 0.4) is 0 Å². The Hall–Kier alpha value is -0.340. The van der Waals surface area contributed by atoms with Gasteiger partial charge in [-0.05, 0) is 51.5 Å². The van der Waals surface area contributed by atoms with Crippen LogP contribution in [0.1, 0.15) is 122 Å². The van der Waals surface area contributed by atoms with Gasteiger partial charge in [0.15, 0.2) is 0 Å². The van der Waals surface area contributed by atoms with Crippen molar-refractivity contribution >= 4 is 0 Å². The molecule has 0 aliphatic carbocycles. The zero-order chi connectivity index (χ0) is 18.4. The Bertz CT molecular complexity index is 263. The predicted octanol–water partition coefficient (Wildman–Crippen LogP) is 6.87. The Kier molecular flexibility index (Phi) is 21.4. The first kappa shape index (κ1) is 24.7. The summed E-state index contributed by atoms with van der Waals surface area (Å²) >= 11 is 0. The molecule has 0 aromatic carbocycles. The minimum atomic E-state index is 0.406. The lowest BCUT2D eigenvalue weighted by Gasteiger charge is -2.10. The molecular weight excluding hydrogens is 304 g/mol. The van der Waals surface area contributed by atoms with Crippen LogP contribution >= 0.6 is 0 Å². The minimum Gasteiger partial charge on any atom is -0.330 e. The van der Waals surface area contributed by atoms with Gasteiger partial charge in [0.05, 0.1) is 0 Å². The van der Waals surface area contributed by atoms with Crippen molar-refractivity contribution in [2.24, 2.45) is 11.5 Å². The summed E-state index contributed by atoms with van der Waals surface area (Å²) in [5.74, 6) is 0. The number of rotatable bonds is 20. The monoisotopic (exact) mass is 352 g/mol. The molecule has 0 radical (unpaired) electrons. The lowest BCUT2D eigenvalue weighted by atomic mass is 10.0. The summed E-state index contributed by atoms with van der Waals surface area (Å²) in [5, 5.41) is 0. The number of nitrogens with two attached hydrogens (primary N) is 2. The Morgan fingerprint density at radius 1 is 0.600 bits per heavy atom. The van der Waals surface area contributed by atoms with Gasteiger partial charge in [-0.3, -0.25) is 0 Å². The van der Waals surface area contributed by atoms with E-state index in [-0.39, 0.29) is 0 Å². The molecule has 2 nitrogen and oxygen atoms in total. The molecule has 0 aliphatic rings. The summed E-state index contributed by atoms with van der Waals surface area (Å²) in [6.07, 6.45) is 28.7. The number of hydrogen-bond acceptors (Lipinski definition) is 2. The van der Waals surface area contributed by atoms with E-state index in [1.165, 1.54) is 103 Å². The summed E-state index contributed by atoms with van der Waals surface area (Å²) < 4.78 is 0. The molecule has 0 saturated carbocycles. The van der Waals surface area contributed by atoms with E-state index in [1.807, 2.05) is 0 Å². The Morgan fingerprint density at radius 3 is 1.56 bits per heavy atom. The fourth-order valence-electron chi connectivity index (χ4n) is 3.35. The maximum Gasteiger partial charge on any atom is 0.00388 e. The molecule has 1 atom stereocenters. The number of hydrogen-bond donors (Lipinski definition) is 2. The van der Waals surface area contributed by atoms with Gasteiger partial charge in [-0.2, -0.15) is 0 Å². The highest BCUT2D eigenvalue weighted by molar-refractivity contribution is 4.81. The molecule has 0 amide bonds. The van der Waals surface area contributed by atoms with Crippen molar-refractivity contribution in [1.29, 1.82) is 0 Å². The standard InChI is InChI=1S/C23H48N2/c1-2-3-4-5-6-7-8-9-10-11-12-13-14-15-16-17-20-23(25)21-18-19-22-24/h9-10,23H,2-8,11-22,24-25H2,1H3/b10-9-. The fraction of sp³-hybridized carbons (Fsp3) is 0.913. The second-order valence-corrected chi connectivity index (χ2v) is 7.77. The van der Waals surface area contributed by atoms with Gasteiger partial charge in [0.2, 0.25) is 0 Å². The third kappa shape index (κ3) is 21.6. The van der Waals surface area contributed by atoms with Gasteiger partial charge in [0, 0.05) is 6.04 Å². The van der Waals surface area contributed by atoms with Gasteiger partial charge in [-0.25, -0.2) is 0 Å². The zero-order valence-electron chi connectivity index (χ0n) is 17.3. The molecule has 0 spiro atoms. The van der Waals surface area contributed by atoms with Crippen molar-refractivity contribution in [1.82, 2.24) is 0 Å². The van der Waals surface area contributed by atoms with E-state index in [9.17, 15) is 0 Å². The van der Waals surface area contributed by atoms with Crippen molar-refractivity contribution in [3.8, 4) is 0 Å². The van der Waals surface area contributed by atoms with Crippen LogP contribution in [0.5, 0.6) is 0 Å². The van der Waals surface area contributed by atoms with E-state index < -0.39 is 0 Å².